The van der Waals surface area contributed by atoms with Crippen molar-refractivity contribution in [3.63, 3.8) is 0 Å². The first-order valence-electron chi connectivity index (χ1n) is 5.28. The van der Waals surface area contributed by atoms with Gasteiger partial charge in [0.1, 0.15) is 5.69 Å². The Morgan fingerprint density at radius 1 is 1.47 bits per heavy atom. The molecule has 1 rings (SSSR count). The van der Waals surface area contributed by atoms with E-state index in [1.807, 2.05) is 32.6 Å². The van der Waals surface area contributed by atoms with Gasteiger partial charge in [0, 0.05) is 13.1 Å². The molecule has 0 aromatic carbocycles. The van der Waals surface area contributed by atoms with E-state index in [-0.39, 0.29) is 0 Å². The fourth-order valence-corrected chi connectivity index (χ4v) is 1.12. The van der Waals surface area contributed by atoms with Gasteiger partial charge in [0.2, 0.25) is 5.95 Å². The molecule has 1 aromatic rings. The summed E-state index contributed by atoms with van der Waals surface area (Å²) in [5.41, 5.74) is 5.43. The third kappa shape index (κ3) is 3.61. The summed E-state index contributed by atoms with van der Waals surface area (Å²) in [5, 5.41) is 0. The second-order valence-electron chi connectivity index (χ2n) is 2.66. The highest BCUT2D eigenvalue weighted by Crippen LogP contribution is 2.07. The van der Waals surface area contributed by atoms with Crippen LogP contribution in [0.25, 0.3) is 0 Å². The van der Waals surface area contributed by atoms with Crippen LogP contribution >= 0.6 is 0 Å². The summed E-state index contributed by atoms with van der Waals surface area (Å²) in [4.78, 5) is 19.7. The Balaban J connectivity index is 0.000000921. The normalized spacial score (nSPS) is 9.07. The zero-order valence-electron chi connectivity index (χ0n) is 9.87. The monoisotopic (exact) mass is 212 g/mol. The number of hydrogen-bond acceptors (Lipinski definition) is 3. The van der Waals surface area contributed by atoms with E-state index in [2.05, 4.69) is 9.97 Å². The van der Waals surface area contributed by atoms with Crippen LogP contribution in [0, 0.1) is 0 Å². The molecule has 0 atom stereocenters. The molecule has 0 aliphatic heterocycles. The van der Waals surface area contributed by atoms with Gasteiger partial charge in [0.15, 0.2) is 0 Å². The summed E-state index contributed by atoms with van der Waals surface area (Å²) in [6, 6.07) is 0. The molecular weight excluding hydrogens is 192 g/mol. The summed E-state index contributed by atoms with van der Waals surface area (Å²) in [5.74, 6) is 0.213. The zero-order chi connectivity index (χ0) is 11.8. The highest BCUT2D eigenvalue weighted by Gasteiger charge is 2.08. The highest BCUT2D eigenvalue weighted by molar-refractivity contribution is 5.90. The third-order valence-electron chi connectivity index (χ3n) is 1.89. The Bertz CT molecular complexity index is 291. The van der Waals surface area contributed by atoms with Gasteiger partial charge in [-0.3, -0.25) is 4.79 Å². The lowest BCUT2D eigenvalue weighted by Gasteiger charge is -2.16. The van der Waals surface area contributed by atoms with Crippen LogP contribution in [-0.2, 0) is 0 Å². The molecule has 5 heteroatoms. The molecule has 1 heterocycles. The fourth-order valence-electron chi connectivity index (χ4n) is 1.12. The van der Waals surface area contributed by atoms with Crippen molar-refractivity contribution in [2.45, 2.75) is 27.7 Å². The van der Waals surface area contributed by atoms with Crippen LogP contribution in [-0.4, -0.2) is 29.0 Å². The molecule has 0 bridgehead atoms. The number of aromatic nitrogens is 2. The molecule has 0 radical (unpaired) electrons. The fraction of sp³-hybridized carbons (Fsp3) is 0.600. The number of nitrogens with one attached hydrogen (secondary N) is 1. The molecule has 0 aliphatic carbocycles. The average molecular weight is 212 g/mol. The Labute approximate surface area is 90.7 Å². The van der Waals surface area contributed by atoms with Crippen molar-refractivity contribution in [2.24, 2.45) is 5.73 Å². The van der Waals surface area contributed by atoms with Gasteiger partial charge >= 0.3 is 0 Å². The topological polar surface area (TPSA) is 75.0 Å². The average Bonchev–Trinajstić information content (AvgIpc) is 2.72. The van der Waals surface area contributed by atoms with Gasteiger partial charge in [-0.2, -0.15) is 0 Å². The minimum atomic E-state index is -0.481. The van der Waals surface area contributed by atoms with Crippen LogP contribution in [0.1, 0.15) is 38.2 Å². The van der Waals surface area contributed by atoms with Crippen molar-refractivity contribution in [1.29, 1.82) is 0 Å². The molecule has 5 nitrogen and oxygen atoms in total. The molecule has 86 valence electrons. The van der Waals surface area contributed by atoms with Crippen molar-refractivity contribution in [1.82, 2.24) is 9.97 Å². The summed E-state index contributed by atoms with van der Waals surface area (Å²) in [6.45, 7) is 9.75. The number of H-pyrrole nitrogens is 1. The van der Waals surface area contributed by atoms with Crippen molar-refractivity contribution in [3.05, 3.63) is 11.9 Å². The number of primary amides is 1. The van der Waals surface area contributed by atoms with Gasteiger partial charge in [0.05, 0.1) is 6.20 Å². The summed E-state index contributed by atoms with van der Waals surface area (Å²) < 4.78 is 0. The number of nitrogens with two attached hydrogens (primary N) is 1. The first-order chi connectivity index (χ1) is 7.19. The van der Waals surface area contributed by atoms with Gasteiger partial charge in [-0.05, 0) is 13.8 Å². The van der Waals surface area contributed by atoms with Crippen molar-refractivity contribution >= 4 is 11.9 Å². The van der Waals surface area contributed by atoms with Crippen molar-refractivity contribution in [3.8, 4) is 0 Å². The quantitative estimate of drug-likeness (QED) is 0.791. The van der Waals surface area contributed by atoms with Gasteiger partial charge in [-0.1, -0.05) is 13.8 Å². The van der Waals surface area contributed by atoms with Crippen LogP contribution in [0.3, 0.4) is 0 Å². The minimum absolute atomic E-state index is 0.349. The molecule has 0 aliphatic rings. The number of nitrogens with zero attached hydrogens (tertiary/aromatic N) is 2. The number of imidazole rings is 1. The molecule has 15 heavy (non-hydrogen) atoms. The van der Waals surface area contributed by atoms with Crippen LogP contribution in [0.4, 0.5) is 5.95 Å². The summed E-state index contributed by atoms with van der Waals surface area (Å²) in [6.07, 6.45) is 1.45. The maximum atomic E-state index is 10.7. The Kier molecular flexibility index (Phi) is 6.17. The summed E-state index contributed by atoms with van der Waals surface area (Å²) >= 11 is 0. The zero-order valence-corrected chi connectivity index (χ0v) is 9.87. The SMILES string of the molecule is CC.CCN(CC)c1ncc(C(N)=O)[nH]1. The van der Waals surface area contributed by atoms with Gasteiger partial charge in [-0.25, -0.2) is 4.98 Å². The van der Waals surface area contributed by atoms with E-state index in [1.54, 1.807) is 0 Å². The molecule has 3 N–H and O–H groups in total. The molecule has 0 fully saturated rings. The Morgan fingerprint density at radius 2 is 2.00 bits per heavy atom. The molecule has 0 spiro atoms. The van der Waals surface area contributed by atoms with E-state index >= 15 is 0 Å². The van der Waals surface area contributed by atoms with Crippen LogP contribution in [0.15, 0.2) is 6.20 Å². The standard InChI is InChI=1S/C8H14N4O.C2H6/c1-3-12(4-2)8-10-5-6(11-8)7(9)13;1-2/h5H,3-4H2,1-2H3,(H2,9,13)(H,10,11);1-2H3. The number of anilines is 1. The summed E-state index contributed by atoms with van der Waals surface area (Å²) in [7, 11) is 0. The second-order valence-corrected chi connectivity index (χ2v) is 2.66. The molecule has 1 aromatic heterocycles. The van der Waals surface area contributed by atoms with Gasteiger partial charge < -0.3 is 15.6 Å². The largest absolute Gasteiger partial charge is 0.364 e. The number of aromatic amines is 1. The lowest BCUT2D eigenvalue weighted by atomic mass is 10.5. The van der Waals surface area contributed by atoms with E-state index < -0.39 is 5.91 Å². The van der Waals surface area contributed by atoms with E-state index in [4.69, 9.17) is 5.73 Å². The maximum absolute atomic E-state index is 10.7. The molecule has 0 unspecified atom stereocenters. The van der Waals surface area contributed by atoms with Gasteiger partial charge in [0.25, 0.3) is 5.91 Å². The Morgan fingerprint density at radius 3 is 2.33 bits per heavy atom. The molecular formula is C10H20N4O. The number of carbonyl (C=O) groups excluding carboxylic acids is 1. The van der Waals surface area contributed by atoms with E-state index in [0.717, 1.165) is 13.1 Å². The predicted octanol–water partition coefficient (Wildman–Crippen LogP) is 1.38. The van der Waals surface area contributed by atoms with Crippen LogP contribution in [0.2, 0.25) is 0 Å². The van der Waals surface area contributed by atoms with E-state index in [1.165, 1.54) is 6.20 Å². The lowest BCUT2D eigenvalue weighted by Crippen LogP contribution is -2.23. The minimum Gasteiger partial charge on any atom is -0.364 e. The Hall–Kier alpha value is -1.52. The first kappa shape index (κ1) is 13.5. The van der Waals surface area contributed by atoms with Crippen molar-refractivity contribution in [2.75, 3.05) is 18.0 Å². The second kappa shape index (κ2) is 6.86. The third-order valence-corrected chi connectivity index (χ3v) is 1.89. The number of amides is 1. The molecule has 0 saturated heterocycles. The lowest BCUT2D eigenvalue weighted by molar-refractivity contribution is 0.0996. The predicted molar refractivity (Wildman–Crippen MR) is 62.0 cm³/mol. The number of carbonyl (C=O) groups is 1. The number of hydrogen-bond donors (Lipinski definition) is 2. The van der Waals surface area contributed by atoms with Crippen LogP contribution in [0.5, 0.6) is 0 Å². The maximum Gasteiger partial charge on any atom is 0.266 e. The van der Waals surface area contributed by atoms with E-state index in [0.29, 0.717) is 11.6 Å². The molecule has 1 amide bonds. The highest BCUT2D eigenvalue weighted by atomic mass is 16.1. The number of rotatable bonds is 4. The van der Waals surface area contributed by atoms with Gasteiger partial charge in [-0.15, -0.1) is 0 Å². The smallest absolute Gasteiger partial charge is 0.266 e. The molecule has 0 saturated carbocycles. The van der Waals surface area contributed by atoms with Crippen LogP contribution < -0.4 is 10.6 Å². The van der Waals surface area contributed by atoms with Crippen molar-refractivity contribution < 1.29 is 4.79 Å². The van der Waals surface area contributed by atoms with E-state index in [9.17, 15) is 4.79 Å². The first-order valence-corrected chi connectivity index (χ1v) is 5.28.